The van der Waals surface area contributed by atoms with Crippen LogP contribution in [0, 0.1) is 5.41 Å². The molecule has 3 atom stereocenters. The van der Waals surface area contributed by atoms with Crippen molar-refractivity contribution in [2.75, 3.05) is 19.1 Å². The van der Waals surface area contributed by atoms with Crippen molar-refractivity contribution in [3.8, 4) is 11.5 Å². The molecule has 1 spiro atoms. The SMILES string of the molecule is COc1cccc(C(=O)[C@H]2[C@H](c3cccc(OC)c3)C3(C(=O)c4ccccc4C3=O)C3C=Cc4ccccc4N32)c1. The maximum absolute atomic E-state index is 14.8. The van der Waals surface area contributed by atoms with Gasteiger partial charge in [-0.05, 0) is 41.5 Å². The van der Waals surface area contributed by atoms with Crippen LogP contribution in [0.1, 0.15) is 48.1 Å². The van der Waals surface area contributed by atoms with Gasteiger partial charge >= 0.3 is 0 Å². The zero-order valence-corrected chi connectivity index (χ0v) is 22.6. The second-order valence-corrected chi connectivity index (χ2v) is 10.6. The van der Waals surface area contributed by atoms with E-state index in [9.17, 15) is 14.4 Å². The van der Waals surface area contributed by atoms with Crippen LogP contribution >= 0.6 is 0 Å². The Bertz CT molecular complexity index is 1740. The van der Waals surface area contributed by atoms with Gasteiger partial charge in [-0.25, -0.2) is 0 Å². The number of hydrogen-bond acceptors (Lipinski definition) is 6. The molecule has 1 saturated heterocycles. The number of rotatable bonds is 5. The van der Waals surface area contributed by atoms with Crippen LogP contribution in [0.15, 0.2) is 103 Å². The standard InChI is InChI=1S/C35H27NO5/c1-40-24-12-7-10-22(19-24)30-31(32(37)23-11-8-13-25(20-23)41-2)36-28-16-6-3-9-21(28)17-18-29(36)35(30)33(38)26-14-4-5-15-27(26)34(35)39/h3-20,29-31H,1-2H3/t29?,30-,31+/m0/s1. The van der Waals surface area contributed by atoms with Gasteiger partial charge in [-0.2, -0.15) is 0 Å². The van der Waals surface area contributed by atoms with Gasteiger partial charge in [0.2, 0.25) is 0 Å². The summed E-state index contributed by atoms with van der Waals surface area (Å²) in [4.78, 5) is 46.2. The lowest BCUT2D eigenvalue weighted by molar-refractivity contribution is 0.0665. The van der Waals surface area contributed by atoms with E-state index in [1.807, 2.05) is 65.6 Å². The Hall–Kier alpha value is -4.97. The quantitative estimate of drug-likeness (QED) is 0.227. The van der Waals surface area contributed by atoms with Gasteiger partial charge in [0.1, 0.15) is 23.0 Å². The molecular formula is C35H27NO5. The molecule has 6 heteroatoms. The molecule has 202 valence electrons. The lowest BCUT2D eigenvalue weighted by atomic mass is 9.64. The van der Waals surface area contributed by atoms with Gasteiger partial charge in [-0.1, -0.05) is 78.9 Å². The topological polar surface area (TPSA) is 72.9 Å². The molecule has 0 radical (unpaired) electrons. The van der Waals surface area contributed by atoms with E-state index in [1.54, 1.807) is 62.8 Å². The Morgan fingerprint density at radius 2 is 1.39 bits per heavy atom. The van der Waals surface area contributed by atoms with Crippen LogP contribution in [0.25, 0.3) is 6.08 Å². The largest absolute Gasteiger partial charge is 0.497 e. The van der Waals surface area contributed by atoms with Crippen molar-refractivity contribution in [1.29, 1.82) is 0 Å². The molecule has 0 N–H and O–H groups in total. The third kappa shape index (κ3) is 3.40. The van der Waals surface area contributed by atoms with E-state index in [1.165, 1.54) is 0 Å². The summed E-state index contributed by atoms with van der Waals surface area (Å²) < 4.78 is 11.0. The van der Waals surface area contributed by atoms with Crippen molar-refractivity contribution in [2.24, 2.45) is 5.41 Å². The Morgan fingerprint density at radius 3 is 2.10 bits per heavy atom. The van der Waals surface area contributed by atoms with E-state index in [0.29, 0.717) is 33.8 Å². The number of hydrogen-bond donors (Lipinski definition) is 0. The number of anilines is 1. The summed E-state index contributed by atoms with van der Waals surface area (Å²) in [6, 6.07) is 27.7. The second kappa shape index (κ2) is 9.30. The highest BCUT2D eigenvalue weighted by Crippen LogP contribution is 2.61. The van der Waals surface area contributed by atoms with Crippen LogP contribution < -0.4 is 14.4 Å². The summed E-state index contributed by atoms with van der Waals surface area (Å²) in [7, 11) is 3.13. The Labute approximate surface area is 237 Å². The lowest BCUT2D eigenvalue weighted by Gasteiger charge is -2.37. The first-order valence-electron chi connectivity index (χ1n) is 13.6. The molecule has 4 aromatic carbocycles. The number of ether oxygens (including phenoxy) is 2. The fraction of sp³-hybridized carbons (Fsp3) is 0.171. The minimum Gasteiger partial charge on any atom is -0.497 e. The zero-order chi connectivity index (χ0) is 28.3. The molecule has 6 nitrogen and oxygen atoms in total. The van der Waals surface area contributed by atoms with Crippen molar-refractivity contribution in [3.63, 3.8) is 0 Å². The number of methoxy groups -OCH3 is 2. The highest BCUT2D eigenvalue weighted by Gasteiger charge is 2.71. The fourth-order valence-electron chi connectivity index (χ4n) is 7.07. The van der Waals surface area contributed by atoms with Crippen LogP contribution in [0.4, 0.5) is 5.69 Å². The monoisotopic (exact) mass is 541 g/mol. The maximum Gasteiger partial charge on any atom is 0.186 e. The molecule has 0 saturated carbocycles. The molecule has 2 heterocycles. The average molecular weight is 542 g/mol. The van der Waals surface area contributed by atoms with Crippen LogP contribution in [-0.2, 0) is 0 Å². The number of fused-ring (bicyclic) bond motifs is 5. The van der Waals surface area contributed by atoms with Crippen LogP contribution in [0.2, 0.25) is 0 Å². The summed E-state index contributed by atoms with van der Waals surface area (Å²) in [5.74, 6) is -0.375. The number of nitrogens with zero attached hydrogens (tertiary/aromatic N) is 1. The number of carbonyl (C=O) groups excluding carboxylic acids is 3. The summed E-state index contributed by atoms with van der Waals surface area (Å²) in [5, 5.41) is 0. The van der Waals surface area contributed by atoms with Crippen molar-refractivity contribution >= 4 is 29.1 Å². The normalized spacial score (nSPS) is 21.4. The van der Waals surface area contributed by atoms with Crippen LogP contribution in [0.5, 0.6) is 11.5 Å². The van der Waals surface area contributed by atoms with E-state index in [4.69, 9.17) is 9.47 Å². The highest BCUT2D eigenvalue weighted by atomic mass is 16.5. The van der Waals surface area contributed by atoms with Gasteiger partial charge in [0.15, 0.2) is 17.3 Å². The first kappa shape index (κ1) is 25.0. The van der Waals surface area contributed by atoms with Crippen molar-refractivity contribution in [1.82, 2.24) is 0 Å². The van der Waals surface area contributed by atoms with Crippen molar-refractivity contribution in [2.45, 2.75) is 18.0 Å². The third-order valence-corrected chi connectivity index (χ3v) is 8.79. The number of ketones is 3. The number of para-hydroxylation sites is 1. The molecule has 2 aliphatic heterocycles. The van der Waals surface area contributed by atoms with Gasteiger partial charge in [-0.15, -0.1) is 0 Å². The Morgan fingerprint density at radius 1 is 0.756 bits per heavy atom. The molecule has 0 amide bonds. The van der Waals surface area contributed by atoms with E-state index in [2.05, 4.69) is 0 Å². The molecule has 41 heavy (non-hydrogen) atoms. The van der Waals surface area contributed by atoms with Gasteiger partial charge in [0, 0.05) is 28.3 Å². The summed E-state index contributed by atoms with van der Waals surface area (Å²) in [6.07, 6.45) is 3.89. The third-order valence-electron chi connectivity index (χ3n) is 8.79. The molecule has 1 fully saturated rings. The molecule has 0 bridgehead atoms. The molecule has 0 aromatic heterocycles. The summed E-state index contributed by atoms with van der Waals surface area (Å²) >= 11 is 0. The van der Waals surface area contributed by atoms with E-state index in [0.717, 1.165) is 11.3 Å². The predicted molar refractivity (Wildman–Crippen MR) is 156 cm³/mol. The first-order valence-corrected chi connectivity index (χ1v) is 13.6. The molecule has 1 aliphatic carbocycles. The average Bonchev–Trinajstić information content (AvgIpc) is 3.47. The van der Waals surface area contributed by atoms with Gasteiger partial charge in [0.25, 0.3) is 0 Å². The summed E-state index contributed by atoms with van der Waals surface area (Å²) in [6.45, 7) is 0. The van der Waals surface area contributed by atoms with E-state index < -0.39 is 23.4 Å². The Kier molecular flexibility index (Phi) is 5.68. The van der Waals surface area contributed by atoms with Crippen molar-refractivity contribution in [3.05, 3.63) is 131 Å². The minimum atomic E-state index is -1.56. The second-order valence-electron chi connectivity index (χ2n) is 10.6. The molecule has 3 aliphatic rings. The zero-order valence-electron chi connectivity index (χ0n) is 22.6. The predicted octanol–water partition coefficient (Wildman–Crippen LogP) is 6.02. The summed E-state index contributed by atoms with van der Waals surface area (Å²) in [5.41, 5.74) is 2.10. The van der Waals surface area contributed by atoms with Crippen LogP contribution in [-0.4, -0.2) is 43.7 Å². The van der Waals surface area contributed by atoms with Gasteiger partial charge in [0.05, 0.1) is 20.3 Å². The first-order chi connectivity index (χ1) is 20.0. The molecule has 4 aromatic rings. The lowest BCUT2D eigenvalue weighted by Crippen LogP contribution is -2.48. The number of carbonyl (C=O) groups is 3. The highest BCUT2D eigenvalue weighted by molar-refractivity contribution is 6.32. The van der Waals surface area contributed by atoms with E-state index >= 15 is 0 Å². The molecule has 7 rings (SSSR count). The van der Waals surface area contributed by atoms with E-state index in [-0.39, 0.29) is 17.3 Å². The Balaban J connectivity index is 1.55. The minimum absolute atomic E-state index is 0.194. The fourth-order valence-corrected chi connectivity index (χ4v) is 7.07. The van der Waals surface area contributed by atoms with Gasteiger partial charge in [-0.3, -0.25) is 14.4 Å². The molecule has 1 unspecified atom stereocenters. The number of Topliss-reactive ketones (excluding diaryl/α,β-unsaturated/α-hetero) is 3. The maximum atomic E-state index is 14.8. The molecular weight excluding hydrogens is 514 g/mol. The van der Waals surface area contributed by atoms with Gasteiger partial charge < -0.3 is 14.4 Å². The van der Waals surface area contributed by atoms with Crippen molar-refractivity contribution < 1.29 is 23.9 Å². The van der Waals surface area contributed by atoms with Crippen LogP contribution in [0.3, 0.4) is 0 Å². The number of benzene rings is 4. The smallest absolute Gasteiger partial charge is 0.186 e.